The monoisotopic (exact) mass is 477 g/mol. The van der Waals surface area contributed by atoms with E-state index in [4.69, 9.17) is 20.1 Å². The summed E-state index contributed by atoms with van der Waals surface area (Å²) in [6.45, 7) is 0. The van der Waals surface area contributed by atoms with E-state index in [9.17, 15) is 0 Å². The van der Waals surface area contributed by atoms with Crippen LogP contribution in [0.4, 0.5) is 0 Å². The Morgan fingerprint density at radius 3 is 1.68 bits per heavy atom. The second-order valence-electron chi connectivity index (χ2n) is 9.08. The summed E-state index contributed by atoms with van der Waals surface area (Å²) in [5.41, 5.74) is 5.66. The van der Waals surface area contributed by atoms with Crippen LogP contribution >= 0.6 is 0 Å². The molecule has 0 saturated heterocycles. The zero-order chi connectivity index (χ0) is 24.6. The summed E-state index contributed by atoms with van der Waals surface area (Å²) in [5, 5.41) is 7.47. The van der Waals surface area contributed by atoms with Crippen molar-refractivity contribution in [3.63, 3.8) is 0 Å². The van der Waals surface area contributed by atoms with Gasteiger partial charge < -0.3 is 0 Å². The molecule has 0 fully saturated rings. The number of rotatable bonds is 4. The molecule has 0 bridgehead atoms. The minimum Gasteiger partial charge on any atom is -0.232 e. The molecular formula is C32H23N5. The van der Waals surface area contributed by atoms with Gasteiger partial charge in [0.25, 0.3) is 0 Å². The van der Waals surface area contributed by atoms with Gasteiger partial charge in [0, 0.05) is 16.7 Å². The van der Waals surface area contributed by atoms with E-state index in [-0.39, 0.29) is 0 Å². The van der Waals surface area contributed by atoms with Gasteiger partial charge in [-0.3, -0.25) is 0 Å². The van der Waals surface area contributed by atoms with E-state index in [2.05, 4.69) is 40.9 Å². The first-order valence-electron chi connectivity index (χ1n) is 12.5. The van der Waals surface area contributed by atoms with E-state index >= 15 is 0 Å². The molecule has 0 saturated carbocycles. The van der Waals surface area contributed by atoms with Crippen molar-refractivity contribution in [2.45, 2.75) is 12.8 Å². The van der Waals surface area contributed by atoms with Crippen molar-refractivity contribution in [3.05, 3.63) is 114 Å². The van der Waals surface area contributed by atoms with E-state index < -0.39 is 0 Å². The maximum absolute atomic E-state index is 5.14. The van der Waals surface area contributed by atoms with E-state index in [1.807, 2.05) is 78.9 Å². The smallest absolute Gasteiger partial charge is 0.168 e. The van der Waals surface area contributed by atoms with Gasteiger partial charge in [-0.05, 0) is 24.1 Å². The molecule has 0 aliphatic heterocycles. The first kappa shape index (κ1) is 21.4. The first-order valence-corrected chi connectivity index (χ1v) is 12.5. The van der Waals surface area contributed by atoms with Crippen LogP contribution in [0.2, 0.25) is 0 Å². The first-order chi connectivity index (χ1) is 18.3. The predicted octanol–water partition coefficient (Wildman–Crippen LogP) is 5.54. The molecule has 1 aliphatic carbocycles. The lowest BCUT2D eigenvalue weighted by Gasteiger charge is -2.09. The zero-order valence-electron chi connectivity index (χ0n) is 20.1. The molecule has 0 N–H and O–H groups in total. The summed E-state index contributed by atoms with van der Waals surface area (Å²) in [4.78, 5) is 14.9. The number of nitrogens with zero attached hydrogens (tertiary/aromatic N) is 5. The van der Waals surface area contributed by atoms with E-state index in [0.29, 0.717) is 17.5 Å². The van der Waals surface area contributed by atoms with Crippen LogP contribution in [-0.2, 0) is 0 Å². The Bertz CT molecular complexity index is 1800. The van der Waals surface area contributed by atoms with Gasteiger partial charge in [-0.1, -0.05) is 109 Å². The second-order valence-corrected chi connectivity index (χ2v) is 9.08. The van der Waals surface area contributed by atoms with Crippen LogP contribution in [0.15, 0.2) is 103 Å². The third-order valence-electron chi connectivity index (χ3n) is 6.70. The van der Waals surface area contributed by atoms with Gasteiger partial charge in [-0.2, -0.15) is 5.10 Å². The van der Waals surface area contributed by atoms with Crippen molar-refractivity contribution in [3.8, 4) is 45.4 Å². The lowest BCUT2D eigenvalue weighted by molar-refractivity contribution is 0.904. The maximum Gasteiger partial charge on any atom is 0.168 e. The van der Waals surface area contributed by atoms with Gasteiger partial charge >= 0.3 is 0 Å². The van der Waals surface area contributed by atoms with Crippen LogP contribution < -0.4 is 10.6 Å². The quantitative estimate of drug-likeness (QED) is 0.334. The van der Waals surface area contributed by atoms with Gasteiger partial charge in [-0.15, -0.1) is 0 Å². The number of fused-ring (bicyclic) bond motifs is 3. The lowest BCUT2D eigenvalue weighted by Crippen LogP contribution is -2.33. The molecule has 6 aromatic rings. The topological polar surface area (TPSA) is 56.0 Å². The van der Waals surface area contributed by atoms with Gasteiger partial charge in [0.15, 0.2) is 17.5 Å². The molecule has 1 aliphatic rings. The molecule has 37 heavy (non-hydrogen) atoms. The van der Waals surface area contributed by atoms with Crippen LogP contribution in [0, 0.1) is 0 Å². The highest BCUT2D eigenvalue weighted by atomic mass is 15.2. The number of pyridine rings is 1. The zero-order valence-corrected chi connectivity index (χ0v) is 20.1. The molecule has 0 atom stereocenters. The fraction of sp³-hybridized carbons (Fsp3) is 0.0625. The summed E-state index contributed by atoms with van der Waals surface area (Å²) in [6.07, 6.45) is 6.60. The molecule has 0 amide bonds. The van der Waals surface area contributed by atoms with Crippen LogP contribution in [0.25, 0.3) is 63.1 Å². The summed E-state index contributed by atoms with van der Waals surface area (Å²) in [6, 6.07) is 34.7. The van der Waals surface area contributed by atoms with Gasteiger partial charge in [0.2, 0.25) is 0 Å². The highest BCUT2D eigenvalue weighted by Gasteiger charge is 2.22. The van der Waals surface area contributed by atoms with Crippen LogP contribution in [0.3, 0.4) is 0 Å². The molecule has 3 aromatic carbocycles. The van der Waals surface area contributed by atoms with Gasteiger partial charge in [0.05, 0.1) is 16.4 Å². The number of hydrogen-bond acceptors (Lipinski definition) is 4. The highest BCUT2D eigenvalue weighted by molar-refractivity contribution is 5.90. The molecule has 5 nitrogen and oxygen atoms in total. The Balaban J connectivity index is 1.57. The minimum atomic E-state index is 0.612. The van der Waals surface area contributed by atoms with Crippen molar-refractivity contribution in [1.82, 2.24) is 24.6 Å². The number of hydrogen-bond donors (Lipinski definition) is 0. The molecule has 0 spiro atoms. The average molecular weight is 478 g/mol. The third kappa shape index (κ3) is 3.81. The number of aromatic nitrogens is 5. The SMILES string of the molecule is C1=c2ccc3c(-c4nc(-c5ccccc5)nc(-c5ccccc5)n4)c(-c4ccccc4)nn3c2=CCC1. The largest absolute Gasteiger partial charge is 0.232 e. The van der Waals surface area contributed by atoms with Gasteiger partial charge in [0.1, 0.15) is 5.69 Å². The molecule has 7 rings (SSSR count). The van der Waals surface area contributed by atoms with Crippen molar-refractivity contribution in [2.24, 2.45) is 0 Å². The molecular weight excluding hydrogens is 454 g/mol. The van der Waals surface area contributed by atoms with E-state index in [0.717, 1.165) is 51.7 Å². The Morgan fingerprint density at radius 2 is 1.05 bits per heavy atom. The molecule has 176 valence electrons. The minimum absolute atomic E-state index is 0.612. The van der Waals surface area contributed by atoms with Gasteiger partial charge in [-0.25, -0.2) is 19.5 Å². The molecule has 0 radical (unpaired) electrons. The predicted molar refractivity (Wildman–Crippen MR) is 148 cm³/mol. The van der Waals surface area contributed by atoms with Crippen LogP contribution in [0.5, 0.6) is 0 Å². The molecule has 0 unspecified atom stereocenters. The summed E-state index contributed by atoms with van der Waals surface area (Å²) >= 11 is 0. The lowest BCUT2D eigenvalue weighted by atomic mass is 10.0. The van der Waals surface area contributed by atoms with Crippen molar-refractivity contribution < 1.29 is 0 Å². The highest BCUT2D eigenvalue weighted by Crippen LogP contribution is 2.34. The number of benzene rings is 3. The summed E-state index contributed by atoms with van der Waals surface area (Å²) in [7, 11) is 0. The average Bonchev–Trinajstić information content (AvgIpc) is 3.39. The van der Waals surface area contributed by atoms with Crippen LogP contribution in [-0.4, -0.2) is 24.6 Å². The normalized spacial score (nSPS) is 12.5. The third-order valence-corrected chi connectivity index (χ3v) is 6.70. The Labute approximate surface area is 214 Å². The van der Waals surface area contributed by atoms with Crippen LogP contribution in [0.1, 0.15) is 12.8 Å². The van der Waals surface area contributed by atoms with Crippen molar-refractivity contribution >= 4 is 17.7 Å². The Morgan fingerprint density at radius 1 is 0.514 bits per heavy atom. The Hall–Kier alpha value is -4.90. The fourth-order valence-electron chi connectivity index (χ4n) is 4.92. The summed E-state index contributed by atoms with van der Waals surface area (Å²) < 4.78 is 2.05. The second kappa shape index (κ2) is 8.95. The standard InChI is InChI=1S/C32H23N5/c1-4-13-23(14-5-1)29-28(27-21-20-22-12-10-11-19-26(22)37(27)36-29)32-34-30(24-15-6-2-7-16-24)33-31(35-32)25-17-8-3-9-18-25/h1-9,12-21H,10-11H2. The van der Waals surface area contributed by atoms with E-state index in [1.54, 1.807) is 0 Å². The molecule has 3 heterocycles. The van der Waals surface area contributed by atoms with Crippen molar-refractivity contribution in [2.75, 3.05) is 0 Å². The fourth-order valence-corrected chi connectivity index (χ4v) is 4.92. The summed E-state index contributed by atoms with van der Waals surface area (Å²) in [5.74, 6) is 1.89. The Kier molecular flexibility index (Phi) is 5.18. The molecule has 3 aromatic heterocycles. The van der Waals surface area contributed by atoms with E-state index in [1.165, 1.54) is 5.22 Å². The molecule has 5 heteroatoms. The maximum atomic E-state index is 5.14. The van der Waals surface area contributed by atoms with Crippen molar-refractivity contribution in [1.29, 1.82) is 0 Å².